The summed E-state index contributed by atoms with van der Waals surface area (Å²) in [5.41, 5.74) is 22.6. The topological polar surface area (TPSA) is 130 Å². The van der Waals surface area contributed by atoms with Gasteiger partial charge in [-0.05, 0) is 104 Å². The van der Waals surface area contributed by atoms with E-state index in [1.54, 1.807) is 0 Å². The lowest BCUT2D eigenvalue weighted by Crippen LogP contribution is -2.41. The Balaban J connectivity index is 0.000000140. The monoisotopic (exact) mass is 1460 g/mol. The van der Waals surface area contributed by atoms with E-state index in [0.717, 1.165) is 106 Å². The Kier molecular flexibility index (Phi) is 20.0. The maximum Gasteiger partial charge on any atom is 0.494 e. The fraction of sp³-hybridized carbons (Fsp3) is 0.0928. The maximum atomic E-state index is 6.24. The van der Waals surface area contributed by atoms with Crippen LogP contribution in [0.25, 0.3) is 157 Å². The minimum atomic E-state index is -0.371. The number of fused-ring (bicyclic) bond motifs is 6. The van der Waals surface area contributed by atoms with Crippen LogP contribution in [0.15, 0.2) is 340 Å². The molecule has 1 fully saturated rings. The van der Waals surface area contributed by atoms with Gasteiger partial charge >= 0.3 is 7.12 Å². The van der Waals surface area contributed by atoms with E-state index in [2.05, 4.69) is 296 Å². The first-order chi connectivity index (χ1) is 53.7. The second-order valence-corrected chi connectivity index (χ2v) is 28.7. The normalized spacial score (nSPS) is 12.8. The minimum Gasteiger partial charge on any atom is -0.399 e. The zero-order valence-electron chi connectivity index (χ0n) is 61.6. The number of halogens is 1. The van der Waals surface area contributed by atoms with Crippen molar-refractivity contribution in [1.29, 1.82) is 0 Å². The highest BCUT2D eigenvalue weighted by Crippen LogP contribution is 2.40. The van der Waals surface area contributed by atoms with E-state index in [1.807, 2.05) is 109 Å². The highest BCUT2D eigenvalue weighted by Gasteiger charge is 2.51. The van der Waals surface area contributed by atoms with Crippen molar-refractivity contribution in [3.8, 4) is 124 Å². The number of pyridine rings is 2. The molecule has 0 amide bonds. The van der Waals surface area contributed by atoms with Crippen LogP contribution in [0.1, 0.15) is 47.7 Å². The van der Waals surface area contributed by atoms with Crippen LogP contribution in [0, 0.1) is 13.8 Å². The third-order valence-corrected chi connectivity index (χ3v) is 21.0. The van der Waals surface area contributed by atoms with E-state index in [9.17, 15) is 0 Å². The summed E-state index contributed by atoms with van der Waals surface area (Å²) in [4.78, 5) is 28.0. The van der Waals surface area contributed by atoms with Crippen molar-refractivity contribution in [3.05, 3.63) is 356 Å². The summed E-state index contributed by atoms with van der Waals surface area (Å²) in [6, 6.07) is 116. The van der Waals surface area contributed by atoms with Gasteiger partial charge in [0.25, 0.3) is 0 Å². The van der Waals surface area contributed by atoms with E-state index in [-0.39, 0.29) is 32.5 Å². The first-order valence-corrected chi connectivity index (χ1v) is 37.2. The molecule has 12 nitrogen and oxygen atoms in total. The summed E-state index contributed by atoms with van der Waals surface area (Å²) in [5.74, 6) is 3.03. The smallest absolute Gasteiger partial charge is 0.399 e. The van der Waals surface area contributed by atoms with Crippen molar-refractivity contribution in [1.82, 2.24) is 49.1 Å². The second-order valence-electron chi connectivity index (χ2n) is 28.4. The Labute approximate surface area is 653 Å². The van der Waals surface area contributed by atoms with Gasteiger partial charge in [0.2, 0.25) is 5.28 Å². The molecule has 540 valence electrons. The van der Waals surface area contributed by atoms with Crippen LogP contribution in [0.5, 0.6) is 0 Å². The molecule has 19 rings (SSSR count). The Hall–Kier alpha value is -13.2. The maximum absolute atomic E-state index is 6.24. The van der Waals surface area contributed by atoms with Crippen molar-refractivity contribution in [2.24, 2.45) is 0 Å². The quantitative estimate of drug-likeness (QED) is 0.109. The van der Waals surface area contributed by atoms with Crippen LogP contribution in [-0.4, -0.2) is 67.5 Å². The third-order valence-electron chi connectivity index (χ3n) is 20.8. The number of hydrogen-bond donors (Lipinski definition) is 0. The molecule has 0 aliphatic carbocycles. The zero-order chi connectivity index (χ0) is 74.9. The van der Waals surface area contributed by atoms with Crippen molar-refractivity contribution in [2.75, 3.05) is 0 Å². The van der Waals surface area contributed by atoms with Crippen LogP contribution < -0.4 is 5.46 Å². The van der Waals surface area contributed by atoms with Gasteiger partial charge in [0.05, 0.1) is 45.0 Å². The van der Waals surface area contributed by atoms with Crippen molar-refractivity contribution < 1.29 is 10.7 Å². The standard InChI is InChI=1S/C45H31N5.C30H29BN2O2.C21H14ClN3.CH4.H2/c1-30-41(49-50-40(33-15-7-3-8-16-33)29-38-19-11-12-20-39(38)42(30)50)34-23-27-37(28-24-34)45-47-43(35-17-9-4-10-18-35)46-44(48-45)36-25-21-32(22-26-36)31-13-5-2-6-14-31;1-20-27(22-15-17-24(18-16-22)31-34-29(2,3)30(4,5)35-31)32-33-26(21-11-7-6-8-12-21)19-23-13-9-10-14-25(23)28(20)33;22-21-24-19(17-9-5-2-6-10-17)23-20(25-21)18-13-11-16(12-14-18)15-7-3-1-4-8-15;;/h2-29H,1H3;6-19H,1-5H3;1-14H;1H4;1H/i;;;;1+1. The van der Waals surface area contributed by atoms with Gasteiger partial charge < -0.3 is 9.31 Å². The predicted molar refractivity (Wildman–Crippen MR) is 457 cm³/mol. The minimum absolute atomic E-state index is 0. The predicted octanol–water partition coefficient (Wildman–Crippen LogP) is 23.8. The van der Waals surface area contributed by atoms with Crippen LogP contribution >= 0.6 is 11.6 Å². The average Bonchev–Trinajstić information content (AvgIpc) is 1.62. The molecule has 0 spiro atoms. The van der Waals surface area contributed by atoms with Gasteiger partial charge in [-0.2, -0.15) is 20.2 Å². The Bertz CT molecular complexity index is 6330. The van der Waals surface area contributed by atoms with Crippen LogP contribution in [-0.2, 0) is 9.31 Å². The van der Waals surface area contributed by atoms with Gasteiger partial charge in [0.15, 0.2) is 29.1 Å². The van der Waals surface area contributed by atoms with Gasteiger partial charge in [-0.25, -0.2) is 29.0 Å². The van der Waals surface area contributed by atoms with E-state index in [1.165, 1.54) is 38.2 Å². The molecule has 1 saturated heterocycles. The summed E-state index contributed by atoms with van der Waals surface area (Å²) < 4.78 is 16.7. The summed E-state index contributed by atoms with van der Waals surface area (Å²) in [6.07, 6.45) is 0. The molecule has 1 aliphatic heterocycles. The zero-order valence-corrected chi connectivity index (χ0v) is 62.3. The molecule has 12 aromatic carbocycles. The van der Waals surface area contributed by atoms with Crippen molar-refractivity contribution >= 4 is 56.8 Å². The highest BCUT2D eigenvalue weighted by molar-refractivity contribution is 6.62. The molecule has 0 bridgehead atoms. The highest BCUT2D eigenvalue weighted by atomic mass is 35.5. The van der Waals surface area contributed by atoms with Crippen LogP contribution in [0.2, 0.25) is 5.28 Å². The SMILES string of the molecule is C.Cc1c(-c2ccc(-c3nc(-c4ccccc4)nc(-c4ccc(-c5ccccc5)cc4)n3)cc2)nn2c(-c3ccccc3)cc3ccccc3c12.Cc1c(-c2ccc(B3OC(C)(C)C(C)(C)O3)cc2)nn2c(-c3ccccc3)cc3ccccc3c12.Clc1nc(-c2ccccc2)nc(-c2ccc(-c3ccccc3)cc2)n1.[2HH]. The van der Waals surface area contributed by atoms with Gasteiger partial charge in [-0.15, -0.1) is 0 Å². The number of rotatable bonds is 12. The molecular weight excluding hydrogens is 1380 g/mol. The van der Waals surface area contributed by atoms with Crippen molar-refractivity contribution in [2.45, 2.75) is 60.2 Å². The fourth-order valence-corrected chi connectivity index (χ4v) is 14.4. The molecule has 0 saturated carbocycles. The molecule has 0 N–H and O–H groups in total. The lowest BCUT2D eigenvalue weighted by Gasteiger charge is -2.32. The number of nitrogens with zero attached hydrogens (tertiary/aromatic N) is 10. The molecule has 111 heavy (non-hydrogen) atoms. The summed E-state index contributed by atoms with van der Waals surface area (Å²) in [7, 11) is -0.371. The fourth-order valence-electron chi connectivity index (χ4n) is 14.2. The summed E-state index contributed by atoms with van der Waals surface area (Å²) in [6.45, 7) is 12.7. The lowest BCUT2D eigenvalue weighted by molar-refractivity contribution is 0.00578. The van der Waals surface area contributed by atoms with Gasteiger partial charge in [-0.3, -0.25) is 0 Å². The summed E-state index contributed by atoms with van der Waals surface area (Å²) in [5, 5.41) is 15.3. The third kappa shape index (κ3) is 14.6. The molecule has 1 aliphatic rings. The van der Waals surface area contributed by atoms with Crippen molar-refractivity contribution in [3.63, 3.8) is 0 Å². The van der Waals surface area contributed by atoms with E-state index in [0.29, 0.717) is 29.1 Å². The first-order valence-electron chi connectivity index (χ1n) is 36.8. The molecule has 18 aromatic rings. The van der Waals surface area contributed by atoms with Gasteiger partial charge in [0, 0.05) is 73.4 Å². The molecule has 0 radical (unpaired) electrons. The van der Waals surface area contributed by atoms with Gasteiger partial charge in [0.1, 0.15) is 0 Å². The van der Waals surface area contributed by atoms with E-state index in [4.69, 9.17) is 46.1 Å². The number of hydrogen-bond acceptors (Lipinski definition) is 10. The second kappa shape index (κ2) is 30.8. The van der Waals surface area contributed by atoms with Crippen LogP contribution in [0.4, 0.5) is 0 Å². The number of aromatic nitrogens is 10. The largest absolute Gasteiger partial charge is 0.494 e. The number of benzene rings is 12. The molecule has 6 aromatic heterocycles. The van der Waals surface area contributed by atoms with Gasteiger partial charge in [-0.1, -0.05) is 335 Å². The van der Waals surface area contributed by atoms with E-state index < -0.39 is 0 Å². The molecule has 0 atom stereocenters. The first kappa shape index (κ1) is 72.1. The molecular formula is C97H80BClN10O2. The molecule has 0 unspecified atom stereocenters. The van der Waals surface area contributed by atoms with Crippen LogP contribution in [0.3, 0.4) is 0 Å². The average molecular weight is 1470 g/mol. The Morgan fingerprint density at radius 1 is 0.297 bits per heavy atom. The molecule has 14 heteroatoms. The number of aryl methyl sites for hydroxylation is 2. The summed E-state index contributed by atoms with van der Waals surface area (Å²) >= 11 is 6.11. The molecule has 7 heterocycles. The Morgan fingerprint density at radius 2 is 0.550 bits per heavy atom. The Morgan fingerprint density at radius 3 is 0.892 bits per heavy atom. The van der Waals surface area contributed by atoms with E-state index >= 15 is 0 Å². The lowest BCUT2D eigenvalue weighted by atomic mass is 9.78.